The van der Waals surface area contributed by atoms with Crippen molar-refractivity contribution in [1.82, 2.24) is 9.13 Å². The van der Waals surface area contributed by atoms with Crippen LogP contribution in [-0.4, -0.2) is 14.9 Å². The highest BCUT2D eigenvalue weighted by Crippen LogP contribution is 2.31. The normalized spacial score (nSPS) is 14.0. The van der Waals surface area contributed by atoms with Crippen LogP contribution >= 0.6 is 0 Å². The number of allylic oxidation sites excluding steroid dienone is 1. The second-order valence-corrected chi connectivity index (χ2v) is 8.57. The molecule has 2 aromatic carbocycles. The molecule has 0 saturated carbocycles. The summed E-state index contributed by atoms with van der Waals surface area (Å²) in [4.78, 5) is 11.9. The number of nitrogens with zero attached hydrogens (tertiary/aromatic N) is 4. The topological polar surface area (TPSA) is 74.5 Å². The van der Waals surface area contributed by atoms with E-state index in [1.54, 1.807) is 6.08 Å². The van der Waals surface area contributed by atoms with E-state index in [0.29, 0.717) is 5.56 Å². The summed E-state index contributed by atoms with van der Waals surface area (Å²) in [6.07, 6.45) is 12.0. The molecule has 0 atom stereocenters. The molecule has 0 bridgehead atoms. The molecule has 0 spiro atoms. The highest BCUT2D eigenvalue weighted by Gasteiger charge is 2.19. The Labute approximate surface area is 192 Å². The van der Waals surface area contributed by atoms with Crippen molar-refractivity contribution in [3.05, 3.63) is 77.1 Å². The standard InChI is InChI=1S/C14H12N2O.C14H12N2/c15-7-6-13(17)12-9-16-8-2-4-10-3-1-5-11(12)14(10)16;15-8-2-5-12-10-16-9-3-6-11-4-1-7-13(12)14(11)16/h1,3,5,9H,2,4,6,8H2;1-2,4-5,7,10H,3,6,9H2/b;5-2+. The summed E-state index contributed by atoms with van der Waals surface area (Å²) in [7, 11) is 0. The first-order valence-electron chi connectivity index (χ1n) is 11.4. The fraction of sp³-hybridized carbons (Fsp3) is 0.250. The van der Waals surface area contributed by atoms with Gasteiger partial charge in [-0.05, 0) is 42.9 Å². The SMILES string of the molecule is N#C/C=C/c1cn2c3c(cccc13)CCC2.N#CCC(=O)c1cn2c3c(cccc13)CCC2. The van der Waals surface area contributed by atoms with E-state index in [9.17, 15) is 4.79 Å². The van der Waals surface area contributed by atoms with E-state index in [1.807, 2.05) is 36.5 Å². The number of hydrogen-bond donors (Lipinski definition) is 0. The highest BCUT2D eigenvalue weighted by atomic mass is 16.1. The van der Waals surface area contributed by atoms with Gasteiger partial charge in [-0.15, -0.1) is 0 Å². The molecule has 0 aliphatic carbocycles. The molecule has 0 radical (unpaired) electrons. The van der Waals surface area contributed by atoms with Crippen molar-refractivity contribution in [2.45, 2.75) is 45.2 Å². The lowest BCUT2D eigenvalue weighted by molar-refractivity contribution is 0.0999. The zero-order chi connectivity index (χ0) is 22.8. The Bertz CT molecular complexity index is 1490. The molecule has 4 heterocycles. The Morgan fingerprint density at radius 1 is 0.909 bits per heavy atom. The van der Waals surface area contributed by atoms with Crippen LogP contribution in [0.5, 0.6) is 0 Å². The quantitative estimate of drug-likeness (QED) is 0.303. The van der Waals surface area contributed by atoms with Crippen molar-refractivity contribution in [2.24, 2.45) is 0 Å². The lowest BCUT2D eigenvalue weighted by atomic mass is 10.0. The van der Waals surface area contributed by atoms with Gasteiger partial charge in [0.25, 0.3) is 0 Å². The molecular weight excluding hydrogens is 408 g/mol. The minimum absolute atomic E-state index is 0.0384. The van der Waals surface area contributed by atoms with Crippen LogP contribution in [0.4, 0.5) is 0 Å². The number of benzene rings is 2. The van der Waals surface area contributed by atoms with E-state index >= 15 is 0 Å². The van der Waals surface area contributed by atoms with Crippen molar-refractivity contribution in [3.8, 4) is 12.1 Å². The first-order valence-corrected chi connectivity index (χ1v) is 11.4. The van der Waals surface area contributed by atoms with E-state index in [1.165, 1.54) is 40.4 Å². The fourth-order valence-electron chi connectivity index (χ4n) is 5.19. The average molecular weight is 433 g/mol. The minimum atomic E-state index is -0.0738. The van der Waals surface area contributed by atoms with E-state index in [4.69, 9.17) is 10.5 Å². The van der Waals surface area contributed by atoms with Crippen molar-refractivity contribution < 1.29 is 4.79 Å². The Kier molecular flexibility index (Phi) is 5.55. The van der Waals surface area contributed by atoms with Crippen LogP contribution in [0.25, 0.3) is 27.9 Å². The summed E-state index contributed by atoms with van der Waals surface area (Å²) < 4.78 is 4.46. The van der Waals surface area contributed by atoms with Gasteiger partial charge in [-0.1, -0.05) is 36.4 Å². The second kappa shape index (κ2) is 8.81. The molecule has 0 amide bonds. The van der Waals surface area contributed by atoms with Crippen molar-refractivity contribution >= 4 is 33.7 Å². The molecule has 0 unspecified atom stereocenters. The number of aromatic nitrogens is 2. The van der Waals surface area contributed by atoms with Gasteiger partial charge in [0.2, 0.25) is 0 Å². The van der Waals surface area contributed by atoms with E-state index < -0.39 is 0 Å². The summed E-state index contributed by atoms with van der Waals surface area (Å²) in [5, 5.41) is 19.5. The van der Waals surface area contributed by atoms with E-state index in [-0.39, 0.29) is 12.2 Å². The smallest absolute Gasteiger partial charge is 0.179 e. The number of Topliss-reactive ketones (excluding diaryl/α,β-unsaturated/α-hetero) is 1. The van der Waals surface area contributed by atoms with Crippen LogP contribution < -0.4 is 0 Å². The van der Waals surface area contributed by atoms with E-state index in [2.05, 4.69) is 39.6 Å². The highest BCUT2D eigenvalue weighted by molar-refractivity contribution is 6.09. The fourth-order valence-corrected chi connectivity index (χ4v) is 5.19. The molecule has 2 aliphatic heterocycles. The van der Waals surface area contributed by atoms with Crippen LogP contribution in [0, 0.1) is 22.7 Å². The third kappa shape index (κ3) is 3.73. The van der Waals surface area contributed by atoms with Crippen LogP contribution in [0.2, 0.25) is 0 Å². The molecular formula is C28H24N4O. The summed E-state index contributed by atoms with van der Waals surface area (Å²) in [5.41, 5.74) is 7.13. The third-order valence-electron chi connectivity index (χ3n) is 6.56. The molecule has 162 valence electrons. The molecule has 5 heteroatoms. The molecule has 6 rings (SSSR count). The lowest BCUT2D eigenvalue weighted by Crippen LogP contribution is -2.05. The van der Waals surface area contributed by atoms with Crippen LogP contribution in [0.15, 0.2) is 54.9 Å². The predicted octanol–water partition coefficient (Wildman–Crippen LogP) is 5.81. The molecule has 0 fully saturated rings. The van der Waals surface area contributed by atoms with Gasteiger partial charge in [0, 0.05) is 53.5 Å². The molecule has 4 aromatic rings. The number of ketones is 1. The van der Waals surface area contributed by atoms with Crippen LogP contribution in [0.3, 0.4) is 0 Å². The summed E-state index contributed by atoms with van der Waals surface area (Å²) >= 11 is 0. The lowest BCUT2D eigenvalue weighted by Gasteiger charge is -2.14. The minimum Gasteiger partial charge on any atom is -0.347 e. The molecule has 5 nitrogen and oxygen atoms in total. The first kappa shape index (κ1) is 20.8. The maximum atomic E-state index is 11.9. The van der Waals surface area contributed by atoms with Gasteiger partial charge < -0.3 is 9.13 Å². The molecule has 0 saturated heterocycles. The third-order valence-corrected chi connectivity index (χ3v) is 6.56. The van der Waals surface area contributed by atoms with Crippen molar-refractivity contribution in [2.75, 3.05) is 0 Å². The summed E-state index contributed by atoms with van der Waals surface area (Å²) in [5.74, 6) is -0.0738. The van der Waals surface area contributed by atoms with Crippen LogP contribution in [-0.2, 0) is 25.9 Å². The van der Waals surface area contributed by atoms with Gasteiger partial charge in [0.15, 0.2) is 5.78 Å². The predicted molar refractivity (Wildman–Crippen MR) is 130 cm³/mol. The average Bonchev–Trinajstić information content (AvgIpc) is 3.40. The number of hydrogen-bond acceptors (Lipinski definition) is 3. The van der Waals surface area contributed by atoms with Crippen molar-refractivity contribution in [3.63, 3.8) is 0 Å². The molecule has 33 heavy (non-hydrogen) atoms. The molecule has 2 aliphatic rings. The van der Waals surface area contributed by atoms with Gasteiger partial charge in [-0.2, -0.15) is 10.5 Å². The van der Waals surface area contributed by atoms with Gasteiger partial charge in [-0.25, -0.2) is 0 Å². The Hall–Kier alpha value is -4.09. The number of carbonyl (C=O) groups excluding carboxylic acids is 1. The second-order valence-electron chi connectivity index (χ2n) is 8.57. The zero-order valence-corrected chi connectivity index (χ0v) is 18.4. The molecule has 2 aromatic heterocycles. The number of aryl methyl sites for hydroxylation is 4. The largest absolute Gasteiger partial charge is 0.347 e. The monoisotopic (exact) mass is 432 g/mol. The summed E-state index contributed by atoms with van der Waals surface area (Å²) in [6.45, 7) is 2.06. The number of carbonyl (C=O) groups is 1. The number of para-hydroxylation sites is 2. The summed E-state index contributed by atoms with van der Waals surface area (Å²) in [6, 6.07) is 16.5. The van der Waals surface area contributed by atoms with Crippen molar-refractivity contribution in [1.29, 1.82) is 10.5 Å². The maximum Gasteiger partial charge on any atom is 0.179 e. The van der Waals surface area contributed by atoms with Gasteiger partial charge in [0.05, 0.1) is 29.6 Å². The van der Waals surface area contributed by atoms with Crippen LogP contribution in [0.1, 0.15) is 46.3 Å². The Morgan fingerprint density at radius 2 is 1.55 bits per heavy atom. The maximum absolute atomic E-state index is 11.9. The van der Waals surface area contributed by atoms with Gasteiger partial charge in [-0.3, -0.25) is 4.79 Å². The van der Waals surface area contributed by atoms with Gasteiger partial charge in [0.1, 0.15) is 0 Å². The number of rotatable bonds is 3. The first-order chi connectivity index (χ1) is 16.2. The zero-order valence-electron chi connectivity index (χ0n) is 18.4. The van der Waals surface area contributed by atoms with Gasteiger partial charge >= 0.3 is 0 Å². The molecule has 0 N–H and O–H groups in total. The Morgan fingerprint density at radius 3 is 2.21 bits per heavy atom. The Balaban J connectivity index is 0.000000139. The van der Waals surface area contributed by atoms with E-state index in [0.717, 1.165) is 36.9 Å². The number of nitriles is 2.